The number of hydrogen-bond acceptors (Lipinski definition) is 4. The predicted octanol–water partition coefficient (Wildman–Crippen LogP) is 3.50. The van der Waals surface area contributed by atoms with Crippen LogP contribution in [0.3, 0.4) is 0 Å². The Labute approximate surface area is 175 Å². The summed E-state index contributed by atoms with van der Waals surface area (Å²) in [5.74, 6) is -0.939. The van der Waals surface area contributed by atoms with Gasteiger partial charge in [-0.05, 0) is 38.9 Å². The Kier molecular flexibility index (Phi) is 13.8. The Bertz CT molecular complexity index is 563. The zero-order valence-electron chi connectivity index (χ0n) is 18.1. The molecular weight excluding hydrogens is 368 g/mol. The Balaban J connectivity index is 1.95. The minimum absolute atomic E-state index is 0.0443. The standard InChI is InChI=1S/C23H38N2O4/c1-25(2)19-21(18-23(27)28)24-22(26)14-10-5-3-4-6-11-16-29-17-15-20-12-8-7-9-13-20/h7-9,12-13,21H,3-6,10-11,14-19H2,1-2H3,(H,24,26)(H,27,28)/t21-/m1/s1. The first-order chi connectivity index (χ1) is 14.0. The monoisotopic (exact) mass is 406 g/mol. The van der Waals surface area contributed by atoms with E-state index in [4.69, 9.17) is 9.84 Å². The summed E-state index contributed by atoms with van der Waals surface area (Å²) in [6, 6.07) is 10.0. The average Bonchev–Trinajstić information content (AvgIpc) is 2.65. The molecule has 0 heterocycles. The second kappa shape index (κ2) is 15.9. The number of ether oxygens (including phenoxy) is 1. The number of nitrogens with zero attached hydrogens (tertiary/aromatic N) is 1. The molecule has 0 aromatic heterocycles. The van der Waals surface area contributed by atoms with Crippen molar-refractivity contribution < 1.29 is 19.4 Å². The molecule has 1 amide bonds. The lowest BCUT2D eigenvalue weighted by Crippen LogP contribution is -2.42. The highest BCUT2D eigenvalue weighted by molar-refractivity contribution is 5.77. The van der Waals surface area contributed by atoms with E-state index < -0.39 is 5.97 Å². The molecule has 0 fully saturated rings. The summed E-state index contributed by atoms with van der Waals surface area (Å²) in [6.07, 6.45) is 7.77. The first-order valence-electron chi connectivity index (χ1n) is 10.7. The van der Waals surface area contributed by atoms with Crippen LogP contribution in [0.4, 0.5) is 0 Å². The zero-order chi connectivity index (χ0) is 21.3. The Morgan fingerprint density at radius 3 is 2.31 bits per heavy atom. The normalized spacial score (nSPS) is 12.1. The van der Waals surface area contributed by atoms with Crippen molar-refractivity contribution in [3.8, 4) is 0 Å². The number of nitrogens with one attached hydrogen (secondary N) is 1. The van der Waals surface area contributed by atoms with Gasteiger partial charge in [0.2, 0.25) is 5.91 Å². The molecule has 0 spiro atoms. The van der Waals surface area contributed by atoms with E-state index in [0.29, 0.717) is 13.0 Å². The molecule has 29 heavy (non-hydrogen) atoms. The van der Waals surface area contributed by atoms with Crippen LogP contribution in [0.25, 0.3) is 0 Å². The maximum atomic E-state index is 12.0. The van der Waals surface area contributed by atoms with Gasteiger partial charge in [0.25, 0.3) is 0 Å². The van der Waals surface area contributed by atoms with Gasteiger partial charge in [-0.3, -0.25) is 9.59 Å². The summed E-state index contributed by atoms with van der Waals surface area (Å²) in [6.45, 7) is 2.12. The van der Waals surface area contributed by atoms with Gasteiger partial charge >= 0.3 is 5.97 Å². The molecule has 1 aromatic rings. The fourth-order valence-corrected chi connectivity index (χ4v) is 3.25. The van der Waals surface area contributed by atoms with Crippen molar-refractivity contribution in [2.45, 2.75) is 63.8 Å². The number of aliphatic carboxylic acids is 1. The minimum atomic E-state index is -0.888. The van der Waals surface area contributed by atoms with Crippen LogP contribution in [0.15, 0.2) is 30.3 Å². The van der Waals surface area contributed by atoms with Crippen molar-refractivity contribution in [2.75, 3.05) is 33.9 Å². The molecule has 0 radical (unpaired) electrons. The third kappa shape index (κ3) is 14.7. The molecule has 6 heteroatoms. The van der Waals surface area contributed by atoms with Gasteiger partial charge in [0.1, 0.15) is 0 Å². The number of carboxylic acids is 1. The topological polar surface area (TPSA) is 78.9 Å². The lowest BCUT2D eigenvalue weighted by Gasteiger charge is -2.20. The summed E-state index contributed by atoms with van der Waals surface area (Å²) < 4.78 is 5.69. The fourth-order valence-electron chi connectivity index (χ4n) is 3.25. The van der Waals surface area contributed by atoms with E-state index in [1.54, 1.807) is 0 Å². The predicted molar refractivity (Wildman–Crippen MR) is 116 cm³/mol. The van der Waals surface area contributed by atoms with Crippen LogP contribution < -0.4 is 5.32 Å². The number of amides is 1. The number of carboxylic acid groups (broad SMARTS) is 1. The van der Waals surface area contributed by atoms with Gasteiger partial charge in [0.05, 0.1) is 19.1 Å². The van der Waals surface area contributed by atoms with E-state index in [2.05, 4.69) is 29.6 Å². The average molecular weight is 407 g/mol. The number of hydrogen-bond donors (Lipinski definition) is 2. The Morgan fingerprint density at radius 2 is 1.66 bits per heavy atom. The van der Waals surface area contributed by atoms with Crippen LogP contribution in [0, 0.1) is 0 Å². The summed E-state index contributed by atoms with van der Waals surface area (Å²) >= 11 is 0. The van der Waals surface area contributed by atoms with Crippen molar-refractivity contribution in [1.82, 2.24) is 10.2 Å². The van der Waals surface area contributed by atoms with Crippen LogP contribution in [0.1, 0.15) is 56.9 Å². The summed E-state index contributed by atoms with van der Waals surface area (Å²) in [5.41, 5.74) is 1.31. The second-order valence-electron chi connectivity index (χ2n) is 7.84. The van der Waals surface area contributed by atoms with Gasteiger partial charge < -0.3 is 20.1 Å². The van der Waals surface area contributed by atoms with Crippen LogP contribution in [-0.4, -0.2) is 61.8 Å². The maximum absolute atomic E-state index is 12.0. The van der Waals surface area contributed by atoms with Crippen molar-refractivity contribution >= 4 is 11.9 Å². The van der Waals surface area contributed by atoms with E-state index >= 15 is 0 Å². The smallest absolute Gasteiger partial charge is 0.305 e. The minimum Gasteiger partial charge on any atom is -0.481 e. The molecule has 6 nitrogen and oxygen atoms in total. The summed E-state index contributed by atoms with van der Waals surface area (Å²) in [4.78, 5) is 24.8. The van der Waals surface area contributed by atoms with E-state index in [1.807, 2.05) is 25.1 Å². The summed E-state index contributed by atoms with van der Waals surface area (Å²) in [7, 11) is 3.74. The Morgan fingerprint density at radius 1 is 1.00 bits per heavy atom. The number of rotatable bonds is 17. The van der Waals surface area contributed by atoms with Gasteiger partial charge in [-0.1, -0.05) is 56.0 Å². The lowest BCUT2D eigenvalue weighted by atomic mass is 10.1. The molecule has 1 aromatic carbocycles. The largest absolute Gasteiger partial charge is 0.481 e. The highest BCUT2D eigenvalue weighted by Crippen LogP contribution is 2.08. The quantitative estimate of drug-likeness (QED) is 0.387. The third-order valence-electron chi connectivity index (χ3n) is 4.69. The van der Waals surface area contributed by atoms with Crippen molar-refractivity contribution in [3.05, 3.63) is 35.9 Å². The van der Waals surface area contributed by atoms with Crippen LogP contribution in [-0.2, 0) is 20.7 Å². The molecule has 1 rings (SSSR count). The van der Waals surface area contributed by atoms with Gasteiger partial charge in [-0.25, -0.2) is 0 Å². The van der Waals surface area contributed by atoms with E-state index in [1.165, 1.54) is 5.56 Å². The summed E-state index contributed by atoms with van der Waals surface area (Å²) in [5, 5.41) is 11.8. The molecule has 0 aliphatic rings. The van der Waals surface area contributed by atoms with Crippen molar-refractivity contribution in [2.24, 2.45) is 0 Å². The van der Waals surface area contributed by atoms with E-state index in [0.717, 1.165) is 58.2 Å². The molecule has 0 unspecified atom stereocenters. The fraction of sp³-hybridized carbons (Fsp3) is 0.652. The number of benzene rings is 1. The number of carbonyl (C=O) groups excluding carboxylic acids is 1. The molecule has 0 aliphatic carbocycles. The van der Waals surface area contributed by atoms with E-state index in [9.17, 15) is 9.59 Å². The zero-order valence-corrected chi connectivity index (χ0v) is 18.1. The number of likely N-dealkylation sites (N-methyl/N-ethyl adjacent to an activating group) is 1. The maximum Gasteiger partial charge on any atom is 0.305 e. The lowest BCUT2D eigenvalue weighted by molar-refractivity contribution is -0.137. The molecule has 0 aliphatic heterocycles. The van der Waals surface area contributed by atoms with Crippen LogP contribution in [0.2, 0.25) is 0 Å². The molecule has 2 N–H and O–H groups in total. The number of carbonyl (C=O) groups is 2. The molecule has 1 atom stereocenters. The van der Waals surface area contributed by atoms with Crippen LogP contribution in [0.5, 0.6) is 0 Å². The first-order valence-corrected chi connectivity index (χ1v) is 10.7. The SMILES string of the molecule is CN(C)C[C@@H](CC(=O)O)NC(=O)CCCCCCCCOCCc1ccccc1. The molecule has 0 bridgehead atoms. The van der Waals surface area contributed by atoms with Gasteiger partial charge in [0, 0.05) is 19.6 Å². The van der Waals surface area contributed by atoms with Gasteiger partial charge in [-0.2, -0.15) is 0 Å². The first kappa shape index (κ1) is 25.1. The van der Waals surface area contributed by atoms with Crippen molar-refractivity contribution in [3.63, 3.8) is 0 Å². The highest BCUT2D eigenvalue weighted by atomic mass is 16.5. The second-order valence-corrected chi connectivity index (χ2v) is 7.84. The molecule has 164 valence electrons. The van der Waals surface area contributed by atoms with Crippen molar-refractivity contribution in [1.29, 1.82) is 0 Å². The van der Waals surface area contributed by atoms with Crippen LogP contribution >= 0.6 is 0 Å². The van der Waals surface area contributed by atoms with Gasteiger partial charge in [0.15, 0.2) is 0 Å². The molecular formula is C23H38N2O4. The Hall–Kier alpha value is -1.92. The third-order valence-corrected chi connectivity index (χ3v) is 4.69. The number of unbranched alkanes of at least 4 members (excludes halogenated alkanes) is 5. The highest BCUT2D eigenvalue weighted by Gasteiger charge is 2.16. The van der Waals surface area contributed by atoms with Gasteiger partial charge in [-0.15, -0.1) is 0 Å². The van der Waals surface area contributed by atoms with E-state index in [-0.39, 0.29) is 18.4 Å². The molecule has 0 saturated carbocycles. The molecule has 0 saturated heterocycles.